The lowest BCUT2D eigenvalue weighted by Crippen LogP contribution is -1.85. The van der Waals surface area contributed by atoms with Crippen molar-refractivity contribution in [3.8, 4) is 0 Å². The average molecular weight is 181 g/mol. The van der Waals surface area contributed by atoms with Gasteiger partial charge in [0.15, 0.2) is 0 Å². The zero-order valence-electron chi connectivity index (χ0n) is 7.79. The van der Waals surface area contributed by atoms with E-state index in [1.807, 2.05) is 14.0 Å². The van der Waals surface area contributed by atoms with Crippen LogP contribution in [0.3, 0.4) is 0 Å². The molecule has 1 aromatic carbocycles. The number of anilines is 1. The van der Waals surface area contributed by atoms with E-state index in [4.69, 9.17) is 0 Å². The van der Waals surface area contributed by atoms with Crippen molar-refractivity contribution in [1.82, 2.24) is 0 Å². The summed E-state index contributed by atoms with van der Waals surface area (Å²) in [6.45, 7) is 3.90. The molecular weight excluding hydrogens is 166 g/mol. The second-order valence-electron chi connectivity index (χ2n) is 2.35. The van der Waals surface area contributed by atoms with Gasteiger partial charge in [-0.1, -0.05) is 29.9 Å². The molecule has 1 rings (SSSR count). The van der Waals surface area contributed by atoms with Crippen LogP contribution in [0.25, 0.3) is 0 Å². The van der Waals surface area contributed by atoms with E-state index in [1.165, 1.54) is 11.3 Å². The van der Waals surface area contributed by atoms with Crippen LogP contribution in [0.15, 0.2) is 24.3 Å². The van der Waals surface area contributed by atoms with Crippen molar-refractivity contribution in [2.24, 2.45) is 0 Å². The zero-order chi connectivity index (χ0) is 9.40. The molecule has 0 bridgehead atoms. The lowest BCUT2D eigenvalue weighted by Gasteiger charge is -1.97. The Hall–Kier alpha value is -0.890. The van der Waals surface area contributed by atoms with Crippen LogP contribution in [0.5, 0.6) is 0 Å². The van der Waals surface area contributed by atoms with Crippen LogP contribution < -0.4 is 5.32 Å². The molecule has 0 atom stereocenters. The lowest BCUT2D eigenvalue weighted by atomic mass is 10.2. The number of hydrogen-bond donors (Lipinski definition) is 1. The van der Waals surface area contributed by atoms with Crippen LogP contribution in [-0.4, -0.2) is 12.4 Å². The SMILES string of the molecule is CC=S.CNc1ccc(C)cc1. The van der Waals surface area contributed by atoms with Crippen molar-refractivity contribution < 1.29 is 0 Å². The summed E-state index contributed by atoms with van der Waals surface area (Å²) in [5, 5.41) is 4.64. The first-order chi connectivity index (χ1) is 5.74. The van der Waals surface area contributed by atoms with Gasteiger partial charge in [-0.15, -0.1) is 0 Å². The summed E-state index contributed by atoms with van der Waals surface area (Å²) in [5.74, 6) is 0. The van der Waals surface area contributed by atoms with Gasteiger partial charge in [0.1, 0.15) is 0 Å². The van der Waals surface area contributed by atoms with Crippen LogP contribution in [0.4, 0.5) is 5.69 Å². The molecule has 0 aliphatic rings. The summed E-state index contributed by atoms with van der Waals surface area (Å²) < 4.78 is 0. The molecule has 0 radical (unpaired) electrons. The van der Waals surface area contributed by atoms with Gasteiger partial charge in [-0.25, -0.2) is 0 Å². The van der Waals surface area contributed by atoms with Gasteiger partial charge in [-0.2, -0.15) is 0 Å². The second-order valence-corrected chi connectivity index (χ2v) is 2.82. The molecule has 1 aromatic rings. The second kappa shape index (κ2) is 6.80. The van der Waals surface area contributed by atoms with Gasteiger partial charge in [0, 0.05) is 12.7 Å². The summed E-state index contributed by atoms with van der Waals surface area (Å²) in [6, 6.07) is 8.31. The Morgan fingerprint density at radius 2 is 1.67 bits per heavy atom. The summed E-state index contributed by atoms with van der Waals surface area (Å²) >= 11 is 4.27. The van der Waals surface area contributed by atoms with E-state index in [-0.39, 0.29) is 0 Å². The number of thiocarbonyl (C=S) groups is 1. The summed E-state index contributed by atoms with van der Waals surface area (Å²) in [5.41, 5.74) is 2.47. The maximum absolute atomic E-state index is 4.27. The molecule has 66 valence electrons. The van der Waals surface area contributed by atoms with E-state index in [2.05, 4.69) is 48.7 Å². The molecule has 2 heteroatoms. The Kier molecular flexibility index (Phi) is 6.29. The highest BCUT2D eigenvalue weighted by atomic mass is 32.1. The Bertz CT molecular complexity index is 216. The average Bonchev–Trinajstić information content (AvgIpc) is 2.07. The Morgan fingerprint density at radius 1 is 1.25 bits per heavy atom. The maximum Gasteiger partial charge on any atom is 0.0337 e. The topological polar surface area (TPSA) is 12.0 Å². The van der Waals surface area contributed by atoms with E-state index in [1.54, 1.807) is 5.37 Å². The third-order valence-electron chi connectivity index (χ3n) is 1.34. The molecule has 0 saturated heterocycles. The highest BCUT2D eigenvalue weighted by molar-refractivity contribution is 7.78. The van der Waals surface area contributed by atoms with Crippen molar-refractivity contribution in [2.45, 2.75) is 13.8 Å². The van der Waals surface area contributed by atoms with Gasteiger partial charge in [-0.3, -0.25) is 0 Å². The van der Waals surface area contributed by atoms with E-state index in [9.17, 15) is 0 Å². The predicted octanol–water partition coefficient (Wildman–Crippen LogP) is 3.04. The summed E-state index contributed by atoms with van der Waals surface area (Å²) in [7, 11) is 1.92. The molecule has 0 aliphatic carbocycles. The maximum atomic E-state index is 4.27. The first-order valence-corrected chi connectivity index (χ1v) is 4.36. The monoisotopic (exact) mass is 181 g/mol. The minimum absolute atomic E-state index is 1.17. The van der Waals surface area contributed by atoms with Crippen LogP contribution >= 0.6 is 12.2 Å². The molecule has 1 nitrogen and oxygen atoms in total. The van der Waals surface area contributed by atoms with Crippen LogP contribution in [0.1, 0.15) is 12.5 Å². The number of rotatable bonds is 1. The summed E-state index contributed by atoms with van der Waals surface area (Å²) in [4.78, 5) is 0. The Labute approximate surface area is 79.8 Å². The molecule has 0 aliphatic heterocycles. The molecule has 0 heterocycles. The Morgan fingerprint density at radius 3 is 2.00 bits per heavy atom. The Balaban J connectivity index is 0.000000354. The highest BCUT2D eigenvalue weighted by Crippen LogP contribution is 2.06. The first kappa shape index (κ1) is 11.1. The first-order valence-electron chi connectivity index (χ1n) is 3.88. The van der Waals surface area contributed by atoms with Crippen molar-refractivity contribution in [3.63, 3.8) is 0 Å². The third kappa shape index (κ3) is 4.85. The fourth-order valence-electron chi connectivity index (χ4n) is 0.720. The van der Waals surface area contributed by atoms with Crippen molar-refractivity contribution in [2.75, 3.05) is 12.4 Å². The minimum Gasteiger partial charge on any atom is -0.388 e. The fraction of sp³-hybridized carbons (Fsp3) is 0.300. The van der Waals surface area contributed by atoms with Crippen molar-refractivity contribution in [1.29, 1.82) is 0 Å². The molecule has 1 N–H and O–H groups in total. The quantitative estimate of drug-likeness (QED) is 0.668. The van der Waals surface area contributed by atoms with E-state index in [0.717, 1.165) is 0 Å². The number of aryl methyl sites for hydroxylation is 1. The van der Waals surface area contributed by atoms with Crippen molar-refractivity contribution in [3.05, 3.63) is 29.8 Å². The van der Waals surface area contributed by atoms with E-state index >= 15 is 0 Å². The normalized spacial score (nSPS) is 7.92. The largest absolute Gasteiger partial charge is 0.388 e. The molecule has 12 heavy (non-hydrogen) atoms. The number of nitrogens with one attached hydrogen (secondary N) is 1. The molecule has 0 amide bonds. The standard InChI is InChI=1S/C8H11N.C2H4S/c1-7-3-5-8(9-2)6-4-7;1-2-3/h3-6,9H,1-2H3;2H,1H3. The van der Waals surface area contributed by atoms with Gasteiger partial charge < -0.3 is 5.32 Å². The van der Waals surface area contributed by atoms with Gasteiger partial charge in [-0.05, 0) is 31.3 Å². The van der Waals surface area contributed by atoms with E-state index < -0.39 is 0 Å². The van der Waals surface area contributed by atoms with Crippen molar-refractivity contribution >= 4 is 23.3 Å². The van der Waals surface area contributed by atoms with Gasteiger partial charge >= 0.3 is 0 Å². The molecule has 0 aromatic heterocycles. The minimum atomic E-state index is 1.17. The predicted molar refractivity (Wildman–Crippen MR) is 60.1 cm³/mol. The number of hydrogen-bond acceptors (Lipinski definition) is 2. The van der Waals surface area contributed by atoms with E-state index in [0.29, 0.717) is 0 Å². The smallest absolute Gasteiger partial charge is 0.0337 e. The van der Waals surface area contributed by atoms with Gasteiger partial charge in [0.25, 0.3) is 0 Å². The highest BCUT2D eigenvalue weighted by Gasteiger charge is 1.83. The van der Waals surface area contributed by atoms with Crippen LogP contribution in [-0.2, 0) is 0 Å². The van der Waals surface area contributed by atoms with Gasteiger partial charge in [0.05, 0.1) is 0 Å². The molecule has 0 saturated carbocycles. The molecule has 0 unspecified atom stereocenters. The third-order valence-corrected chi connectivity index (χ3v) is 1.34. The zero-order valence-corrected chi connectivity index (χ0v) is 8.61. The molecule has 0 spiro atoms. The molecule has 0 fully saturated rings. The molecular formula is C10H15NS. The van der Waals surface area contributed by atoms with Crippen LogP contribution in [0, 0.1) is 6.92 Å². The van der Waals surface area contributed by atoms with Gasteiger partial charge in [0.2, 0.25) is 0 Å². The fourth-order valence-corrected chi connectivity index (χ4v) is 0.720. The number of benzene rings is 1. The van der Waals surface area contributed by atoms with Crippen LogP contribution in [0.2, 0.25) is 0 Å². The lowest BCUT2D eigenvalue weighted by molar-refractivity contribution is 1.44. The summed E-state index contributed by atoms with van der Waals surface area (Å²) in [6.07, 6.45) is 0.